The first kappa shape index (κ1) is 17.7. The Labute approximate surface area is 136 Å². The van der Waals surface area contributed by atoms with Gasteiger partial charge in [-0.05, 0) is 12.1 Å². The fraction of sp³-hybridized carbons (Fsp3) is 0.333. The average Bonchev–Trinajstić information content (AvgIpc) is 2.36. The van der Waals surface area contributed by atoms with Crippen LogP contribution in [0, 0.1) is 0 Å². The van der Waals surface area contributed by atoms with Crippen molar-refractivity contribution in [1.82, 2.24) is 10.6 Å². The van der Waals surface area contributed by atoms with Gasteiger partial charge in [-0.25, -0.2) is 4.79 Å². The fourth-order valence-electron chi connectivity index (χ4n) is 1.33. The molecule has 0 fully saturated rings. The predicted molar refractivity (Wildman–Crippen MR) is 80.6 cm³/mol. The fourth-order valence-corrected chi connectivity index (χ4v) is 2.26. The van der Waals surface area contributed by atoms with Crippen LogP contribution in [0.2, 0.25) is 15.1 Å². The number of halogens is 3. The second kappa shape index (κ2) is 8.81. The van der Waals surface area contributed by atoms with E-state index in [2.05, 4.69) is 10.6 Å². The number of ether oxygens (including phenoxy) is 1. The summed E-state index contributed by atoms with van der Waals surface area (Å²) in [7, 11) is 0. The van der Waals surface area contributed by atoms with Crippen molar-refractivity contribution in [3.63, 3.8) is 0 Å². The lowest BCUT2D eigenvalue weighted by Gasteiger charge is -2.11. The third-order valence-electron chi connectivity index (χ3n) is 2.22. The SMILES string of the molecule is O=C(O)CCNC(=O)NCCOc1c(Cl)cc(Cl)cc1Cl. The van der Waals surface area contributed by atoms with E-state index in [0.29, 0.717) is 5.02 Å². The molecule has 0 aliphatic rings. The van der Waals surface area contributed by atoms with Gasteiger partial charge in [-0.1, -0.05) is 34.8 Å². The van der Waals surface area contributed by atoms with Crippen molar-refractivity contribution in [2.75, 3.05) is 19.7 Å². The molecule has 0 atom stereocenters. The number of hydrogen-bond donors (Lipinski definition) is 3. The maximum absolute atomic E-state index is 11.3. The summed E-state index contributed by atoms with van der Waals surface area (Å²) in [6.45, 7) is 0.401. The molecule has 0 bridgehead atoms. The van der Waals surface area contributed by atoms with Gasteiger partial charge < -0.3 is 20.5 Å². The Morgan fingerprint density at radius 2 is 1.67 bits per heavy atom. The van der Waals surface area contributed by atoms with Crippen LogP contribution in [-0.4, -0.2) is 36.8 Å². The Kier molecular flexibility index (Phi) is 7.42. The molecule has 21 heavy (non-hydrogen) atoms. The minimum atomic E-state index is -0.981. The van der Waals surface area contributed by atoms with Gasteiger partial charge >= 0.3 is 12.0 Å². The predicted octanol–water partition coefficient (Wildman–Crippen LogP) is 2.80. The average molecular weight is 356 g/mol. The molecule has 0 radical (unpaired) electrons. The van der Waals surface area contributed by atoms with Crippen molar-refractivity contribution in [2.45, 2.75) is 6.42 Å². The van der Waals surface area contributed by atoms with Crippen molar-refractivity contribution < 1.29 is 19.4 Å². The van der Waals surface area contributed by atoms with E-state index in [1.165, 1.54) is 12.1 Å². The Hall–Kier alpha value is -1.37. The molecule has 116 valence electrons. The van der Waals surface area contributed by atoms with Crippen LogP contribution in [0.3, 0.4) is 0 Å². The molecule has 0 saturated heterocycles. The van der Waals surface area contributed by atoms with E-state index in [0.717, 1.165) is 0 Å². The van der Waals surface area contributed by atoms with Crippen molar-refractivity contribution in [1.29, 1.82) is 0 Å². The molecule has 2 amide bonds. The van der Waals surface area contributed by atoms with E-state index in [9.17, 15) is 9.59 Å². The zero-order valence-electron chi connectivity index (χ0n) is 10.8. The van der Waals surface area contributed by atoms with Gasteiger partial charge in [0.05, 0.1) is 23.0 Å². The Morgan fingerprint density at radius 3 is 2.24 bits per heavy atom. The number of carboxylic acids is 1. The van der Waals surface area contributed by atoms with Gasteiger partial charge in [0.15, 0.2) is 5.75 Å². The third-order valence-corrected chi connectivity index (χ3v) is 3.00. The first-order chi connectivity index (χ1) is 9.90. The third kappa shape index (κ3) is 6.75. The zero-order chi connectivity index (χ0) is 15.8. The highest BCUT2D eigenvalue weighted by Gasteiger charge is 2.09. The molecule has 9 heteroatoms. The minimum Gasteiger partial charge on any atom is -0.489 e. The highest BCUT2D eigenvalue weighted by atomic mass is 35.5. The number of amides is 2. The maximum Gasteiger partial charge on any atom is 0.314 e. The number of carbonyl (C=O) groups is 2. The number of rotatable bonds is 7. The van der Waals surface area contributed by atoms with Gasteiger partial charge in [-0.3, -0.25) is 4.79 Å². The van der Waals surface area contributed by atoms with E-state index in [1.54, 1.807) is 0 Å². The lowest BCUT2D eigenvalue weighted by Crippen LogP contribution is -2.38. The van der Waals surface area contributed by atoms with Crippen LogP contribution in [0.5, 0.6) is 5.75 Å². The lowest BCUT2D eigenvalue weighted by atomic mass is 10.3. The molecule has 0 unspecified atom stereocenters. The molecule has 1 rings (SSSR count). The summed E-state index contributed by atoms with van der Waals surface area (Å²) in [5.41, 5.74) is 0. The van der Waals surface area contributed by atoms with Gasteiger partial charge in [0, 0.05) is 11.6 Å². The standard InChI is InChI=1S/C12H13Cl3N2O4/c13-7-5-8(14)11(9(15)6-7)21-4-3-17-12(20)16-2-1-10(18)19/h5-6H,1-4H2,(H,18,19)(H2,16,17,20). The second-order valence-electron chi connectivity index (χ2n) is 3.87. The van der Waals surface area contributed by atoms with Gasteiger partial charge in [0.25, 0.3) is 0 Å². The van der Waals surface area contributed by atoms with Crippen molar-refractivity contribution in [2.24, 2.45) is 0 Å². The summed E-state index contributed by atoms with van der Waals surface area (Å²) in [5, 5.41) is 14.2. The topological polar surface area (TPSA) is 87.7 Å². The number of aliphatic carboxylic acids is 1. The molecule has 0 spiro atoms. The monoisotopic (exact) mass is 354 g/mol. The highest BCUT2D eigenvalue weighted by molar-refractivity contribution is 6.40. The highest BCUT2D eigenvalue weighted by Crippen LogP contribution is 2.35. The molecule has 3 N–H and O–H groups in total. The molecule has 0 aromatic heterocycles. The van der Waals surface area contributed by atoms with Crippen molar-refractivity contribution in [3.05, 3.63) is 27.2 Å². The molecule has 0 aliphatic heterocycles. The number of carbonyl (C=O) groups excluding carboxylic acids is 1. The van der Waals surface area contributed by atoms with Crippen molar-refractivity contribution >= 4 is 46.8 Å². The number of carboxylic acid groups (broad SMARTS) is 1. The van der Waals surface area contributed by atoms with Crippen LogP contribution in [0.1, 0.15) is 6.42 Å². The Balaban J connectivity index is 2.28. The van der Waals surface area contributed by atoms with E-state index in [-0.39, 0.29) is 41.9 Å². The lowest BCUT2D eigenvalue weighted by molar-refractivity contribution is -0.136. The summed E-state index contributed by atoms with van der Waals surface area (Å²) >= 11 is 17.6. The van der Waals surface area contributed by atoms with Crippen LogP contribution in [0.4, 0.5) is 4.79 Å². The summed E-state index contributed by atoms with van der Waals surface area (Å²) in [6.07, 6.45) is -0.139. The minimum absolute atomic E-state index is 0.0524. The van der Waals surface area contributed by atoms with Crippen LogP contribution < -0.4 is 15.4 Å². The largest absolute Gasteiger partial charge is 0.489 e. The number of benzene rings is 1. The maximum atomic E-state index is 11.3. The number of hydrogen-bond acceptors (Lipinski definition) is 3. The van der Waals surface area contributed by atoms with E-state index < -0.39 is 12.0 Å². The molecule has 1 aromatic carbocycles. The van der Waals surface area contributed by atoms with E-state index in [4.69, 9.17) is 44.6 Å². The first-order valence-corrected chi connectivity index (χ1v) is 7.04. The zero-order valence-corrected chi connectivity index (χ0v) is 13.1. The molecule has 1 aromatic rings. The molecule has 0 heterocycles. The molecule has 6 nitrogen and oxygen atoms in total. The van der Waals surface area contributed by atoms with Crippen LogP contribution in [0.25, 0.3) is 0 Å². The Bertz CT molecular complexity index is 502. The first-order valence-electron chi connectivity index (χ1n) is 5.91. The van der Waals surface area contributed by atoms with E-state index in [1.807, 2.05) is 0 Å². The van der Waals surface area contributed by atoms with Gasteiger partial charge in [-0.15, -0.1) is 0 Å². The number of nitrogens with one attached hydrogen (secondary N) is 2. The van der Waals surface area contributed by atoms with Crippen molar-refractivity contribution in [3.8, 4) is 5.75 Å². The Morgan fingerprint density at radius 1 is 1.10 bits per heavy atom. The summed E-state index contributed by atoms with van der Waals surface area (Å²) in [5.74, 6) is -0.693. The van der Waals surface area contributed by atoms with Gasteiger partial charge in [0.1, 0.15) is 6.61 Å². The van der Waals surface area contributed by atoms with Gasteiger partial charge in [-0.2, -0.15) is 0 Å². The second-order valence-corrected chi connectivity index (χ2v) is 5.12. The number of urea groups is 1. The van der Waals surface area contributed by atoms with E-state index >= 15 is 0 Å². The smallest absolute Gasteiger partial charge is 0.314 e. The normalized spacial score (nSPS) is 10.0. The quantitative estimate of drug-likeness (QED) is 0.656. The van der Waals surface area contributed by atoms with Crippen LogP contribution >= 0.6 is 34.8 Å². The van der Waals surface area contributed by atoms with Gasteiger partial charge in [0.2, 0.25) is 0 Å². The summed E-state index contributed by atoms with van der Waals surface area (Å²) in [4.78, 5) is 21.5. The molecule has 0 saturated carbocycles. The van der Waals surface area contributed by atoms with Crippen LogP contribution in [-0.2, 0) is 4.79 Å². The van der Waals surface area contributed by atoms with Crippen LogP contribution in [0.15, 0.2) is 12.1 Å². The summed E-state index contributed by atoms with van der Waals surface area (Å²) in [6, 6.07) is 2.51. The molecular weight excluding hydrogens is 343 g/mol. The summed E-state index contributed by atoms with van der Waals surface area (Å²) < 4.78 is 5.36. The molecule has 0 aliphatic carbocycles. The molecular formula is C12H13Cl3N2O4.